The number of nitrogens with one attached hydrogen (secondary N) is 1. The third-order valence-corrected chi connectivity index (χ3v) is 1.60. The summed E-state index contributed by atoms with van der Waals surface area (Å²) < 4.78 is 20.8. The van der Waals surface area contributed by atoms with Crippen LogP contribution in [-0.2, 0) is 11.3 Å². The van der Waals surface area contributed by atoms with Crippen molar-refractivity contribution in [2.75, 3.05) is 6.54 Å². The smallest absolute Gasteiger partial charge is 0.232 e. The Morgan fingerprint density at radius 2 is 2.22 bits per heavy atom. The SMILES string of the molecule is CC(C)(CN)NS(=O)O. The Bertz CT molecular complexity index is 115. The van der Waals surface area contributed by atoms with Crippen molar-refractivity contribution < 1.29 is 8.76 Å². The van der Waals surface area contributed by atoms with Gasteiger partial charge in [-0.1, -0.05) is 0 Å². The molecule has 0 bridgehead atoms. The van der Waals surface area contributed by atoms with Crippen molar-refractivity contribution in [3.05, 3.63) is 0 Å². The van der Waals surface area contributed by atoms with Gasteiger partial charge in [-0.2, -0.15) is 0 Å². The summed E-state index contributed by atoms with van der Waals surface area (Å²) in [6, 6.07) is 0. The highest BCUT2D eigenvalue weighted by atomic mass is 32.2. The highest BCUT2D eigenvalue weighted by Crippen LogP contribution is 1.97. The van der Waals surface area contributed by atoms with Gasteiger partial charge in [0.1, 0.15) is 0 Å². The molecule has 1 atom stereocenters. The molecule has 5 heteroatoms. The van der Waals surface area contributed by atoms with E-state index < -0.39 is 16.8 Å². The molecule has 0 aromatic heterocycles. The fourth-order valence-electron chi connectivity index (χ4n) is 0.278. The summed E-state index contributed by atoms with van der Waals surface area (Å²) in [6.07, 6.45) is 0. The lowest BCUT2D eigenvalue weighted by Crippen LogP contribution is -2.46. The first-order chi connectivity index (χ1) is 3.98. The standard InChI is InChI=1S/C4H12N2O2S/c1-4(2,3-5)6-9(7)8/h6H,3,5H2,1-2H3,(H,7,8). The van der Waals surface area contributed by atoms with Gasteiger partial charge in [-0.3, -0.25) is 4.55 Å². The minimum absolute atomic E-state index is 0.333. The maximum absolute atomic E-state index is 10.1. The maximum atomic E-state index is 10.1. The topological polar surface area (TPSA) is 75.3 Å². The van der Waals surface area contributed by atoms with E-state index in [1.807, 2.05) is 0 Å². The molecule has 0 amide bonds. The molecule has 0 aliphatic heterocycles. The zero-order valence-electron chi connectivity index (χ0n) is 5.55. The Morgan fingerprint density at radius 1 is 1.78 bits per heavy atom. The van der Waals surface area contributed by atoms with Crippen LogP contribution in [0.3, 0.4) is 0 Å². The second-order valence-electron chi connectivity index (χ2n) is 2.44. The molecule has 4 N–H and O–H groups in total. The van der Waals surface area contributed by atoms with Gasteiger partial charge in [0.25, 0.3) is 0 Å². The third kappa shape index (κ3) is 4.53. The predicted octanol–water partition coefficient (Wildman–Crippen LogP) is -0.550. The number of hydrogen-bond donors (Lipinski definition) is 3. The highest BCUT2D eigenvalue weighted by Gasteiger charge is 2.16. The van der Waals surface area contributed by atoms with Crippen LogP contribution < -0.4 is 10.5 Å². The quantitative estimate of drug-likeness (QED) is 0.475. The molecule has 0 aromatic rings. The lowest BCUT2D eigenvalue weighted by atomic mass is 10.1. The largest absolute Gasteiger partial charge is 0.329 e. The van der Waals surface area contributed by atoms with E-state index in [1.54, 1.807) is 13.8 Å². The summed E-state index contributed by atoms with van der Waals surface area (Å²) >= 11 is -1.96. The first-order valence-corrected chi connectivity index (χ1v) is 3.67. The average Bonchev–Trinajstić information content (AvgIpc) is 1.63. The van der Waals surface area contributed by atoms with Gasteiger partial charge in [0, 0.05) is 12.1 Å². The molecule has 0 heterocycles. The van der Waals surface area contributed by atoms with Crippen LogP contribution >= 0.6 is 0 Å². The van der Waals surface area contributed by atoms with Gasteiger partial charge in [0.15, 0.2) is 0 Å². The second kappa shape index (κ2) is 3.26. The van der Waals surface area contributed by atoms with Crippen molar-refractivity contribution in [2.24, 2.45) is 5.73 Å². The molecule has 0 aliphatic carbocycles. The Balaban J connectivity index is 3.71. The van der Waals surface area contributed by atoms with Crippen LogP contribution in [0.25, 0.3) is 0 Å². The number of rotatable bonds is 3. The minimum atomic E-state index is -1.96. The van der Waals surface area contributed by atoms with E-state index in [4.69, 9.17) is 10.3 Å². The van der Waals surface area contributed by atoms with Gasteiger partial charge in [-0.15, -0.1) is 0 Å². The first-order valence-electron chi connectivity index (χ1n) is 2.57. The summed E-state index contributed by atoms with van der Waals surface area (Å²) in [5.74, 6) is 0. The van der Waals surface area contributed by atoms with Crippen molar-refractivity contribution in [2.45, 2.75) is 19.4 Å². The van der Waals surface area contributed by atoms with Crippen LogP contribution in [0, 0.1) is 0 Å². The van der Waals surface area contributed by atoms with Gasteiger partial charge in [0.05, 0.1) is 0 Å². The molecule has 9 heavy (non-hydrogen) atoms. The molecule has 0 radical (unpaired) electrons. The van der Waals surface area contributed by atoms with E-state index in [0.717, 1.165) is 0 Å². The Hall–Kier alpha value is 0.0300. The highest BCUT2D eigenvalue weighted by molar-refractivity contribution is 7.77. The van der Waals surface area contributed by atoms with Crippen molar-refractivity contribution in [1.29, 1.82) is 0 Å². The lowest BCUT2D eigenvalue weighted by molar-refractivity contribution is 0.451. The lowest BCUT2D eigenvalue weighted by Gasteiger charge is -2.20. The van der Waals surface area contributed by atoms with E-state index in [-0.39, 0.29) is 0 Å². The summed E-state index contributed by atoms with van der Waals surface area (Å²) in [5, 5.41) is 0. The van der Waals surface area contributed by atoms with Crippen LogP contribution in [-0.4, -0.2) is 20.8 Å². The molecule has 0 saturated heterocycles. The normalized spacial score (nSPS) is 15.6. The van der Waals surface area contributed by atoms with Crippen LogP contribution in [0.1, 0.15) is 13.8 Å². The molecule has 4 nitrogen and oxygen atoms in total. The Kier molecular flexibility index (Phi) is 3.27. The van der Waals surface area contributed by atoms with Gasteiger partial charge in [0.2, 0.25) is 11.3 Å². The Labute approximate surface area is 57.2 Å². The molecule has 0 aliphatic rings. The summed E-state index contributed by atoms with van der Waals surface area (Å²) in [5.41, 5.74) is 4.79. The van der Waals surface area contributed by atoms with E-state index in [2.05, 4.69) is 4.72 Å². The van der Waals surface area contributed by atoms with E-state index in [1.165, 1.54) is 0 Å². The summed E-state index contributed by atoms with van der Waals surface area (Å²) in [4.78, 5) is 0. The molecule has 0 fully saturated rings. The number of hydrogen-bond acceptors (Lipinski definition) is 2. The van der Waals surface area contributed by atoms with Crippen molar-refractivity contribution >= 4 is 11.3 Å². The van der Waals surface area contributed by atoms with Crippen molar-refractivity contribution in [1.82, 2.24) is 4.72 Å². The summed E-state index contributed by atoms with van der Waals surface area (Å²) in [6.45, 7) is 3.83. The fourth-order valence-corrected chi connectivity index (χ4v) is 0.834. The Morgan fingerprint density at radius 3 is 2.33 bits per heavy atom. The average molecular weight is 152 g/mol. The molecule has 0 spiro atoms. The molecule has 0 rings (SSSR count). The van der Waals surface area contributed by atoms with Gasteiger partial charge >= 0.3 is 0 Å². The molecule has 1 unspecified atom stereocenters. The summed E-state index contributed by atoms with van der Waals surface area (Å²) in [7, 11) is 0. The second-order valence-corrected chi connectivity index (χ2v) is 3.14. The van der Waals surface area contributed by atoms with E-state index in [9.17, 15) is 4.21 Å². The van der Waals surface area contributed by atoms with Crippen LogP contribution in [0.4, 0.5) is 0 Å². The van der Waals surface area contributed by atoms with E-state index >= 15 is 0 Å². The molecule has 0 saturated carbocycles. The van der Waals surface area contributed by atoms with E-state index in [0.29, 0.717) is 6.54 Å². The third-order valence-electron chi connectivity index (χ3n) is 0.874. The van der Waals surface area contributed by atoms with Crippen molar-refractivity contribution in [3.8, 4) is 0 Å². The molecule has 56 valence electrons. The van der Waals surface area contributed by atoms with Crippen molar-refractivity contribution in [3.63, 3.8) is 0 Å². The van der Waals surface area contributed by atoms with Crippen LogP contribution in [0.2, 0.25) is 0 Å². The molecular weight excluding hydrogens is 140 g/mol. The predicted molar refractivity (Wildman–Crippen MR) is 37.0 cm³/mol. The van der Waals surface area contributed by atoms with Gasteiger partial charge < -0.3 is 5.73 Å². The zero-order chi connectivity index (χ0) is 7.49. The first kappa shape index (κ1) is 9.03. The monoisotopic (exact) mass is 152 g/mol. The molecular formula is C4H12N2O2S. The zero-order valence-corrected chi connectivity index (χ0v) is 6.36. The molecule has 0 aromatic carbocycles. The number of nitrogens with two attached hydrogens (primary N) is 1. The van der Waals surface area contributed by atoms with Crippen LogP contribution in [0.15, 0.2) is 0 Å². The minimum Gasteiger partial charge on any atom is -0.329 e. The van der Waals surface area contributed by atoms with Gasteiger partial charge in [-0.05, 0) is 13.8 Å². The maximum Gasteiger partial charge on any atom is 0.232 e. The van der Waals surface area contributed by atoms with Crippen LogP contribution in [0.5, 0.6) is 0 Å². The fraction of sp³-hybridized carbons (Fsp3) is 1.00. The van der Waals surface area contributed by atoms with Gasteiger partial charge in [-0.25, -0.2) is 8.93 Å².